The molecule has 120 valence electrons. The van der Waals surface area contributed by atoms with Gasteiger partial charge in [-0.25, -0.2) is 0 Å². The lowest BCUT2D eigenvalue weighted by Gasteiger charge is -2.55. The SMILES string of the molecule is Cc1cnn(CCCNC(=O)C23CC4CC(CC(C4)C2)C3)c1. The molecule has 4 aliphatic rings. The number of nitrogens with one attached hydrogen (secondary N) is 1. The van der Waals surface area contributed by atoms with Crippen LogP contribution in [0.1, 0.15) is 50.5 Å². The molecule has 0 radical (unpaired) electrons. The second kappa shape index (κ2) is 5.39. The number of aromatic nitrogens is 2. The third-order valence-corrected chi connectivity index (χ3v) is 6.13. The average molecular weight is 301 g/mol. The molecule has 4 fully saturated rings. The van der Waals surface area contributed by atoms with Crippen LogP contribution < -0.4 is 5.32 Å². The maximum Gasteiger partial charge on any atom is 0.226 e. The second-order valence-corrected chi connectivity index (χ2v) is 8.09. The minimum absolute atomic E-state index is 0.00294. The summed E-state index contributed by atoms with van der Waals surface area (Å²) in [7, 11) is 0. The van der Waals surface area contributed by atoms with E-state index < -0.39 is 0 Å². The summed E-state index contributed by atoms with van der Waals surface area (Å²) in [4.78, 5) is 12.8. The van der Waals surface area contributed by atoms with Crippen molar-refractivity contribution in [3.63, 3.8) is 0 Å². The highest BCUT2D eigenvalue weighted by atomic mass is 16.2. The van der Waals surface area contributed by atoms with Crippen molar-refractivity contribution in [3.8, 4) is 0 Å². The molecule has 22 heavy (non-hydrogen) atoms. The van der Waals surface area contributed by atoms with Gasteiger partial charge in [0.2, 0.25) is 5.91 Å². The summed E-state index contributed by atoms with van der Waals surface area (Å²) in [5, 5.41) is 7.53. The zero-order chi connectivity index (χ0) is 15.2. The molecule has 0 spiro atoms. The highest BCUT2D eigenvalue weighted by molar-refractivity contribution is 5.83. The van der Waals surface area contributed by atoms with E-state index in [1.54, 1.807) is 0 Å². The fourth-order valence-corrected chi connectivity index (χ4v) is 5.61. The van der Waals surface area contributed by atoms with Gasteiger partial charge in [-0.05, 0) is 75.2 Å². The van der Waals surface area contributed by atoms with Crippen LogP contribution in [0.4, 0.5) is 0 Å². The second-order valence-electron chi connectivity index (χ2n) is 8.09. The minimum atomic E-state index is -0.00294. The van der Waals surface area contributed by atoms with E-state index in [9.17, 15) is 4.79 Å². The van der Waals surface area contributed by atoms with Crippen LogP contribution in [0.3, 0.4) is 0 Å². The van der Waals surface area contributed by atoms with Crippen molar-refractivity contribution >= 4 is 5.91 Å². The first kappa shape index (κ1) is 14.3. The third kappa shape index (κ3) is 2.57. The quantitative estimate of drug-likeness (QED) is 0.850. The minimum Gasteiger partial charge on any atom is -0.356 e. The van der Waals surface area contributed by atoms with Gasteiger partial charge in [0.05, 0.1) is 6.20 Å². The molecule has 4 saturated carbocycles. The Balaban J connectivity index is 1.29. The maximum atomic E-state index is 12.8. The lowest BCUT2D eigenvalue weighted by atomic mass is 9.49. The standard InChI is InChI=1S/C18H27N3O/c1-13-11-20-21(12-13)4-2-3-19-17(22)18-8-14-5-15(9-18)7-16(6-14)10-18/h11-12,14-16H,2-10H2,1H3,(H,19,22). The number of carbonyl (C=O) groups excluding carboxylic acids is 1. The van der Waals surface area contributed by atoms with Gasteiger partial charge in [0.15, 0.2) is 0 Å². The van der Waals surface area contributed by atoms with E-state index in [0.717, 1.165) is 56.5 Å². The molecular weight excluding hydrogens is 274 g/mol. The van der Waals surface area contributed by atoms with Gasteiger partial charge >= 0.3 is 0 Å². The zero-order valence-electron chi connectivity index (χ0n) is 13.6. The third-order valence-electron chi connectivity index (χ3n) is 6.13. The molecule has 1 aromatic rings. The van der Waals surface area contributed by atoms with E-state index in [-0.39, 0.29) is 5.41 Å². The summed E-state index contributed by atoms with van der Waals surface area (Å²) in [6.07, 6.45) is 12.5. The predicted octanol–water partition coefficient (Wildman–Crippen LogP) is 2.91. The van der Waals surface area contributed by atoms with E-state index in [1.165, 1.54) is 24.8 Å². The predicted molar refractivity (Wildman–Crippen MR) is 85.2 cm³/mol. The maximum absolute atomic E-state index is 12.8. The number of rotatable bonds is 5. The van der Waals surface area contributed by atoms with E-state index >= 15 is 0 Å². The first-order chi connectivity index (χ1) is 10.6. The van der Waals surface area contributed by atoms with Crippen molar-refractivity contribution in [2.75, 3.05) is 6.54 Å². The van der Waals surface area contributed by atoms with Crippen LogP contribution >= 0.6 is 0 Å². The Morgan fingerprint density at radius 3 is 2.45 bits per heavy atom. The smallest absolute Gasteiger partial charge is 0.226 e. The van der Waals surface area contributed by atoms with Crippen molar-refractivity contribution in [2.45, 2.75) is 58.4 Å². The summed E-state index contributed by atoms with van der Waals surface area (Å²) in [5.41, 5.74) is 1.19. The van der Waals surface area contributed by atoms with Crippen molar-refractivity contribution in [2.24, 2.45) is 23.2 Å². The summed E-state index contributed by atoms with van der Waals surface area (Å²) < 4.78 is 1.96. The van der Waals surface area contributed by atoms with Crippen molar-refractivity contribution < 1.29 is 4.79 Å². The Morgan fingerprint density at radius 2 is 1.91 bits per heavy atom. The number of hydrogen-bond acceptors (Lipinski definition) is 2. The lowest BCUT2D eigenvalue weighted by molar-refractivity contribution is -0.146. The van der Waals surface area contributed by atoms with Crippen LogP contribution in [0, 0.1) is 30.1 Å². The normalized spacial score (nSPS) is 35.8. The van der Waals surface area contributed by atoms with Crippen LogP contribution in [0.5, 0.6) is 0 Å². The molecular formula is C18H27N3O. The topological polar surface area (TPSA) is 46.9 Å². The summed E-state index contributed by atoms with van der Waals surface area (Å²) in [6.45, 7) is 3.72. The van der Waals surface area contributed by atoms with Gasteiger partial charge in [-0.3, -0.25) is 9.48 Å². The van der Waals surface area contributed by atoms with Gasteiger partial charge < -0.3 is 5.32 Å². The summed E-state index contributed by atoms with van der Waals surface area (Å²) >= 11 is 0. The molecule has 4 bridgehead atoms. The molecule has 4 heteroatoms. The van der Waals surface area contributed by atoms with Gasteiger partial charge in [0.1, 0.15) is 0 Å². The lowest BCUT2D eigenvalue weighted by Crippen LogP contribution is -2.53. The van der Waals surface area contributed by atoms with Gasteiger partial charge in [-0.1, -0.05) is 0 Å². The zero-order valence-corrected chi connectivity index (χ0v) is 13.6. The Morgan fingerprint density at radius 1 is 1.27 bits per heavy atom. The van der Waals surface area contributed by atoms with Gasteiger partial charge in [-0.15, -0.1) is 0 Å². The summed E-state index contributed by atoms with van der Waals surface area (Å²) in [6, 6.07) is 0. The monoisotopic (exact) mass is 301 g/mol. The molecule has 0 saturated heterocycles. The average Bonchev–Trinajstić information content (AvgIpc) is 2.87. The molecule has 1 heterocycles. The highest BCUT2D eigenvalue weighted by Crippen LogP contribution is 2.60. The van der Waals surface area contributed by atoms with Crippen LogP contribution in [0.15, 0.2) is 12.4 Å². The molecule has 0 aromatic carbocycles. The molecule has 5 rings (SSSR count). The van der Waals surface area contributed by atoms with Crippen molar-refractivity contribution in [1.29, 1.82) is 0 Å². The number of amides is 1. The van der Waals surface area contributed by atoms with Crippen LogP contribution in [-0.2, 0) is 11.3 Å². The molecule has 1 N–H and O–H groups in total. The Kier molecular flexibility index (Phi) is 3.50. The van der Waals surface area contributed by atoms with Gasteiger partial charge in [-0.2, -0.15) is 5.10 Å². The largest absolute Gasteiger partial charge is 0.356 e. The number of carbonyl (C=O) groups is 1. The Labute approximate surface area is 132 Å². The van der Waals surface area contributed by atoms with Gasteiger partial charge in [0, 0.05) is 24.7 Å². The number of aryl methyl sites for hydroxylation is 2. The molecule has 0 aliphatic heterocycles. The van der Waals surface area contributed by atoms with Gasteiger partial charge in [0.25, 0.3) is 0 Å². The Hall–Kier alpha value is -1.32. The molecule has 4 aliphatic carbocycles. The number of hydrogen-bond donors (Lipinski definition) is 1. The fourth-order valence-electron chi connectivity index (χ4n) is 5.61. The molecule has 1 aromatic heterocycles. The van der Waals surface area contributed by atoms with E-state index in [2.05, 4.69) is 23.5 Å². The van der Waals surface area contributed by atoms with Crippen molar-refractivity contribution in [3.05, 3.63) is 18.0 Å². The van der Waals surface area contributed by atoms with E-state index in [4.69, 9.17) is 0 Å². The number of nitrogens with zero attached hydrogens (tertiary/aromatic N) is 2. The van der Waals surface area contributed by atoms with E-state index in [0.29, 0.717) is 5.91 Å². The van der Waals surface area contributed by atoms with Crippen molar-refractivity contribution in [1.82, 2.24) is 15.1 Å². The molecule has 0 atom stereocenters. The van der Waals surface area contributed by atoms with E-state index in [1.807, 2.05) is 10.9 Å². The molecule has 0 unspecified atom stereocenters. The Bertz CT molecular complexity index is 527. The summed E-state index contributed by atoms with van der Waals surface area (Å²) in [5.74, 6) is 2.86. The fraction of sp³-hybridized carbons (Fsp3) is 0.778. The van der Waals surface area contributed by atoms with Crippen LogP contribution in [0.25, 0.3) is 0 Å². The molecule has 1 amide bonds. The first-order valence-electron chi connectivity index (χ1n) is 8.90. The van der Waals surface area contributed by atoms with Crippen LogP contribution in [0.2, 0.25) is 0 Å². The molecule has 4 nitrogen and oxygen atoms in total. The first-order valence-corrected chi connectivity index (χ1v) is 8.90. The van der Waals surface area contributed by atoms with Crippen LogP contribution in [-0.4, -0.2) is 22.2 Å². The highest BCUT2D eigenvalue weighted by Gasteiger charge is 2.54.